The number of carbonyl (C=O) groups is 3. The molecular formula is C15H18N4O4. The van der Waals surface area contributed by atoms with Crippen LogP contribution in [0.3, 0.4) is 0 Å². The van der Waals surface area contributed by atoms with E-state index in [0.29, 0.717) is 24.1 Å². The van der Waals surface area contributed by atoms with Crippen molar-refractivity contribution in [3.8, 4) is 0 Å². The van der Waals surface area contributed by atoms with Gasteiger partial charge in [0.25, 0.3) is 5.91 Å². The maximum Gasteiger partial charge on any atom is 0.313 e. The normalized spacial score (nSPS) is 10.7. The average molecular weight is 318 g/mol. The molecule has 1 aromatic carbocycles. The van der Waals surface area contributed by atoms with Gasteiger partial charge in [0.05, 0.1) is 0 Å². The van der Waals surface area contributed by atoms with E-state index in [1.54, 1.807) is 24.3 Å². The lowest BCUT2D eigenvalue weighted by Crippen LogP contribution is -2.39. The molecule has 0 unspecified atom stereocenters. The Bertz CT molecular complexity index is 751. The number of nitrogens with one attached hydrogen (secondary N) is 2. The van der Waals surface area contributed by atoms with Crippen LogP contribution in [0.5, 0.6) is 0 Å². The van der Waals surface area contributed by atoms with Crippen LogP contribution in [0.1, 0.15) is 10.6 Å². The van der Waals surface area contributed by atoms with Gasteiger partial charge in [-0.2, -0.15) is 0 Å². The molecule has 0 aliphatic carbocycles. The predicted molar refractivity (Wildman–Crippen MR) is 84.9 cm³/mol. The van der Waals surface area contributed by atoms with Gasteiger partial charge in [-0.1, -0.05) is 12.1 Å². The monoisotopic (exact) mass is 318 g/mol. The lowest BCUT2D eigenvalue weighted by molar-refractivity contribution is -0.136. The van der Waals surface area contributed by atoms with Gasteiger partial charge in [-0.3, -0.25) is 14.4 Å². The predicted octanol–water partition coefficient (Wildman–Crippen LogP) is 0.148. The number of para-hydroxylation sites is 1. The molecule has 0 radical (unpaired) electrons. The highest BCUT2D eigenvalue weighted by Gasteiger charge is 2.22. The first kappa shape index (κ1) is 16.5. The fourth-order valence-corrected chi connectivity index (χ4v) is 1.99. The van der Waals surface area contributed by atoms with Crippen LogP contribution < -0.4 is 16.4 Å². The molecule has 0 aliphatic rings. The number of anilines is 1. The summed E-state index contributed by atoms with van der Waals surface area (Å²) in [4.78, 5) is 37.1. The Morgan fingerprint density at radius 3 is 2.52 bits per heavy atom. The molecular weight excluding hydrogens is 300 g/mol. The number of amides is 3. The van der Waals surface area contributed by atoms with E-state index in [0.717, 1.165) is 0 Å². The van der Waals surface area contributed by atoms with Crippen LogP contribution in [-0.4, -0.2) is 49.8 Å². The molecule has 0 bridgehead atoms. The van der Waals surface area contributed by atoms with Crippen LogP contribution in [0.15, 0.2) is 28.7 Å². The minimum atomic E-state index is -0.891. The van der Waals surface area contributed by atoms with Gasteiger partial charge < -0.3 is 25.7 Å². The summed E-state index contributed by atoms with van der Waals surface area (Å²) in [5, 5.41) is 5.37. The third kappa shape index (κ3) is 3.86. The fraction of sp³-hybridized carbons (Fsp3) is 0.267. The molecule has 0 aliphatic heterocycles. The van der Waals surface area contributed by atoms with Crippen molar-refractivity contribution in [2.45, 2.75) is 0 Å². The van der Waals surface area contributed by atoms with E-state index < -0.39 is 17.7 Å². The van der Waals surface area contributed by atoms with Gasteiger partial charge in [0.2, 0.25) is 5.76 Å². The van der Waals surface area contributed by atoms with Crippen molar-refractivity contribution >= 4 is 34.4 Å². The van der Waals surface area contributed by atoms with Gasteiger partial charge in [-0.05, 0) is 26.2 Å². The fourth-order valence-electron chi connectivity index (χ4n) is 1.99. The number of fused-ring (bicyclic) bond motifs is 1. The van der Waals surface area contributed by atoms with Crippen molar-refractivity contribution in [1.82, 2.24) is 10.2 Å². The topological polar surface area (TPSA) is 118 Å². The maximum absolute atomic E-state index is 12.0. The molecule has 122 valence electrons. The van der Waals surface area contributed by atoms with E-state index in [9.17, 15) is 14.4 Å². The Balaban J connectivity index is 2.17. The van der Waals surface area contributed by atoms with Crippen molar-refractivity contribution < 1.29 is 18.8 Å². The first-order valence-corrected chi connectivity index (χ1v) is 6.95. The van der Waals surface area contributed by atoms with Crippen LogP contribution in [0.2, 0.25) is 0 Å². The first-order valence-electron chi connectivity index (χ1n) is 6.95. The van der Waals surface area contributed by atoms with Crippen LogP contribution in [0, 0.1) is 0 Å². The van der Waals surface area contributed by atoms with Gasteiger partial charge in [-0.15, -0.1) is 0 Å². The van der Waals surface area contributed by atoms with E-state index in [1.807, 2.05) is 19.0 Å². The van der Waals surface area contributed by atoms with Crippen LogP contribution in [0.4, 0.5) is 5.69 Å². The summed E-state index contributed by atoms with van der Waals surface area (Å²) in [6, 6.07) is 6.73. The summed E-state index contributed by atoms with van der Waals surface area (Å²) in [5.41, 5.74) is 5.74. The summed E-state index contributed by atoms with van der Waals surface area (Å²) < 4.78 is 5.33. The van der Waals surface area contributed by atoms with Gasteiger partial charge in [0, 0.05) is 18.5 Å². The van der Waals surface area contributed by atoms with Crippen molar-refractivity contribution in [2.24, 2.45) is 5.73 Å². The summed E-state index contributed by atoms with van der Waals surface area (Å²) in [6.45, 7) is 0.925. The Morgan fingerprint density at radius 2 is 1.87 bits per heavy atom. The Morgan fingerprint density at radius 1 is 1.17 bits per heavy atom. The lowest BCUT2D eigenvalue weighted by atomic mass is 10.2. The van der Waals surface area contributed by atoms with E-state index >= 15 is 0 Å². The Kier molecular flexibility index (Phi) is 4.97. The largest absolute Gasteiger partial charge is 0.449 e. The molecule has 0 atom stereocenters. The minimum absolute atomic E-state index is 0.0980. The molecule has 0 saturated carbocycles. The number of nitrogens with two attached hydrogens (primary N) is 1. The zero-order valence-corrected chi connectivity index (χ0v) is 12.9. The molecule has 4 N–H and O–H groups in total. The number of primary amides is 1. The standard InChI is InChI=1S/C15H18N4O4/c1-19(2)8-7-17-14(21)15(22)18-11-9-5-3-4-6-10(9)23-12(11)13(16)20/h3-6H,7-8H2,1-2H3,(H2,16,20)(H,17,21)(H,18,22). The van der Waals surface area contributed by atoms with Crippen LogP contribution in [-0.2, 0) is 9.59 Å². The van der Waals surface area contributed by atoms with Crippen molar-refractivity contribution in [1.29, 1.82) is 0 Å². The zero-order valence-electron chi connectivity index (χ0n) is 12.9. The Labute approximate surface area is 132 Å². The lowest BCUT2D eigenvalue weighted by Gasteiger charge is -2.10. The zero-order chi connectivity index (χ0) is 17.0. The summed E-state index contributed by atoms with van der Waals surface area (Å²) in [5.74, 6) is -2.71. The molecule has 0 spiro atoms. The first-order chi connectivity index (χ1) is 10.9. The molecule has 0 saturated heterocycles. The number of likely N-dealkylation sites (N-methyl/N-ethyl adjacent to an activating group) is 1. The van der Waals surface area contributed by atoms with E-state index in [4.69, 9.17) is 10.2 Å². The third-order valence-corrected chi connectivity index (χ3v) is 3.11. The van der Waals surface area contributed by atoms with Gasteiger partial charge >= 0.3 is 11.8 Å². The number of rotatable bonds is 5. The van der Waals surface area contributed by atoms with Gasteiger partial charge in [0.1, 0.15) is 11.3 Å². The number of hydrogen-bond donors (Lipinski definition) is 3. The average Bonchev–Trinajstić information content (AvgIpc) is 2.86. The Hall–Kier alpha value is -2.87. The second-order valence-electron chi connectivity index (χ2n) is 5.18. The van der Waals surface area contributed by atoms with Gasteiger partial charge in [-0.25, -0.2) is 0 Å². The number of carbonyl (C=O) groups excluding carboxylic acids is 3. The maximum atomic E-state index is 12.0. The number of hydrogen-bond acceptors (Lipinski definition) is 5. The highest BCUT2D eigenvalue weighted by atomic mass is 16.3. The molecule has 2 aromatic rings. The SMILES string of the molecule is CN(C)CCNC(=O)C(=O)Nc1c(C(N)=O)oc2ccccc12. The molecule has 1 aromatic heterocycles. The highest BCUT2D eigenvalue weighted by Crippen LogP contribution is 2.30. The van der Waals surface area contributed by atoms with Crippen LogP contribution >= 0.6 is 0 Å². The third-order valence-electron chi connectivity index (χ3n) is 3.11. The summed E-state index contributed by atoms with van der Waals surface area (Å²) in [6.07, 6.45) is 0. The molecule has 0 fully saturated rings. The van der Waals surface area contributed by atoms with Crippen LogP contribution in [0.25, 0.3) is 11.0 Å². The molecule has 2 rings (SSSR count). The second kappa shape index (κ2) is 6.93. The molecule has 1 heterocycles. The molecule has 8 nitrogen and oxygen atoms in total. The van der Waals surface area contributed by atoms with E-state index in [-0.39, 0.29) is 11.4 Å². The molecule has 8 heteroatoms. The molecule has 3 amide bonds. The molecule has 23 heavy (non-hydrogen) atoms. The highest BCUT2D eigenvalue weighted by molar-refractivity contribution is 6.40. The second-order valence-corrected chi connectivity index (χ2v) is 5.18. The number of furan rings is 1. The van der Waals surface area contributed by atoms with Gasteiger partial charge in [0.15, 0.2) is 0 Å². The number of nitrogens with zero attached hydrogens (tertiary/aromatic N) is 1. The van der Waals surface area contributed by atoms with E-state index in [1.165, 1.54) is 0 Å². The smallest absolute Gasteiger partial charge is 0.313 e. The summed E-state index contributed by atoms with van der Waals surface area (Å²) in [7, 11) is 3.70. The van der Waals surface area contributed by atoms with Crippen molar-refractivity contribution in [3.63, 3.8) is 0 Å². The van der Waals surface area contributed by atoms with E-state index in [2.05, 4.69) is 10.6 Å². The minimum Gasteiger partial charge on any atom is -0.449 e. The summed E-state index contributed by atoms with van der Waals surface area (Å²) >= 11 is 0. The van der Waals surface area contributed by atoms with Crippen molar-refractivity contribution in [3.05, 3.63) is 30.0 Å². The number of benzene rings is 1. The quantitative estimate of drug-likeness (QED) is 0.678. The van der Waals surface area contributed by atoms with Crippen molar-refractivity contribution in [2.75, 3.05) is 32.5 Å².